The lowest BCUT2D eigenvalue weighted by atomic mass is 10.1. The predicted molar refractivity (Wildman–Crippen MR) is 40.6 cm³/mol. The first-order valence-electron chi connectivity index (χ1n) is 3.57. The summed E-state index contributed by atoms with van der Waals surface area (Å²) in [6, 6.07) is 0. The number of halogens is 1. The maximum absolute atomic E-state index is 12.2. The van der Waals surface area contributed by atoms with Gasteiger partial charge < -0.3 is 5.11 Å². The first kappa shape index (κ1) is 9.63. The summed E-state index contributed by atoms with van der Waals surface area (Å²) >= 11 is 0. The van der Waals surface area contributed by atoms with E-state index in [0.29, 0.717) is 6.42 Å². The van der Waals surface area contributed by atoms with E-state index in [1.807, 2.05) is 6.92 Å². The topological polar surface area (TPSA) is 20.2 Å². The summed E-state index contributed by atoms with van der Waals surface area (Å²) in [6.07, 6.45) is 2.28. The molecule has 0 aliphatic rings. The monoisotopic (exact) mass is 146 g/mol. The third-order valence-corrected chi connectivity index (χ3v) is 1.38. The lowest BCUT2D eigenvalue weighted by Crippen LogP contribution is -1.92. The third-order valence-electron chi connectivity index (χ3n) is 1.38. The van der Waals surface area contributed by atoms with E-state index in [2.05, 4.69) is 0 Å². The largest absolute Gasteiger partial charge is 0.392 e. The van der Waals surface area contributed by atoms with E-state index in [1.165, 1.54) is 0 Å². The van der Waals surface area contributed by atoms with Crippen molar-refractivity contribution in [3.63, 3.8) is 0 Å². The van der Waals surface area contributed by atoms with E-state index in [9.17, 15) is 4.39 Å². The molecule has 0 bridgehead atoms. The van der Waals surface area contributed by atoms with Crippen LogP contribution < -0.4 is 0 Å². The summed E-state index contributed by atoms with van der Waals surface area (Å²) in [7, 11) is 0. The number of aliphatic hydroxyl groups excluding tert-OH is 1. The van der Waals surface area contributed by atoms with E-state index in [-0.39, 0.29) is 6.61 Å². The molecule has 0 aromatic rings. The van der Waals surface area contributed by atoms with Crippen LogP contribution in [0.25, 0.3) is 0 Å². The molecule has 0 radical (unpaired) electrons. The highest BCUT2D eigenvalue weighted by atomic mass is 19.1. The zero-order valence-corrected chi connectivity index (χ0v) is 6.60. The van der Waals surface area contributed by atoms with Gasteiger partial charge in [0, 0.05) is 0 Å². The molecule has 0 aromatic carbocycles. The molecular weight excluding hydrogens is 131 g/mol. The molecule has 0 saturated heterocycles. The highest BCUT2D eigenvalue weighted by Crippen LogP contribution is 2.07. The second-order valence-electron chi connectivity index (χ2n) is 2.55. The highest BCUT2D eigenvalue weighted by molar-refractivity contribution is 4.97. The van der Waals surface area contributed by atoms with Crippen molar-refractivity contribution in [2.24, 2.45) is 0 Å². The molecule has 60 valence electrons. The Labute approximate surface area is 61.6 Å². The Balaban J connectivity index is 3.39. The third kappa shape index (κ3) is 5.76. The van der Waals surface area contributed by atoms with Crippen molar-refractivity contribution < 1.29 is 9.50 Å². The molecule has 0 rings (SSSR count). The van der Waals surface area contributed by atoms with Crippen molar-refractivity contribution in [3.8, 4) is 0 Å². The summed E-state index contributed by atoms with van der Waals surface area (Å²) in [5.74, 6) is 0. The van der Waals surface area contributed by atoms with Gasteiger partial charge in [-0.1, -0.05) is 11.6 Å². The fourth-order valence-electron chi connectivity index (χ4n) is 0.684. The summed E-state index contributed by atoms with van der Waals surface area (Å²) in [6.45, 7) is 3.51. The van der Waals surface area contributed by atoms with Crippen molar-refractivity contribution in [1.29, 1.82) is 0 Å². The molecule has 1 N–H and O–H groups in total. The van der Waals surface area contributed by atoms with E-state index in [4.69, 9.17) is 5.11 Å². The Morgan fingerprint density at radius 3 is 2.70 bits per heavy atom. The quantitative estimate of drug-likeness (QED) is 0.602. The van der Waals surface area contributed by atoms with Gasteiger partial charge in [-0.2, -0.15) is 0 Å². The summed E-state index contributed by atoms with van der Waals surface area (Å²) in [5, 5.41) is 8.43. The number of alkyl halides is 1. The average molecular weight is 146 g/mol. The van der Waals surface area contributed by atoms with Gasteiger partial charge in [0.1, 0.15) is 0 Å². The van der Waals surface area contributed by atoms with Crippen LogP contribution in [-0.2, 0) is 0 Å². The normalized spacial score (nSPS) is 15.4. The number of aliphatic hydroxyl groups is 1. The standard InChI is InChI=1S/C8H15FO/c1-7(5-6-10)3-4-8(2)9/h5,8,10H,3-4,6H2,1-2H3/b7-5-. The van der Waals surface area contributed by atoms with Crippen LogP contribution in [0.1, 0.15) is 26.7 Å². The molecule has 1 unspecified atom stereocenters. The molecule has 0 spiro atoms. The van der Waals surface area contributed by atoms with E-state index in [0.717, 1.165) is 12.0 Å². The second-order valence-corrected chi connectivity index (χ2v) is 2.55. The van der Waals surface area contributed by atoms with Gasteiger partial charge in [0.05, 0.1) is 12.8 Å². The second kappa shape index (κ2) is 5.42. The first-order valence-corrected chi connectivity index (χ1v) is 3.57. The molecular formula is C8H15FO. The summed E-state index contributed by atoms with van der Waals surface area (Å²) < 4.78 is 12.2. The molecule has 1 nitrogen and oxygen atoms in total. The Morgan fingerprint density at radius 1 is 1.70 bits per heavy atom. The SMILES string of the molecule is C/C(=C/CO)CCC(C)F. The van der Waals surface area contributed by atoms with Crippen molar-refractivity contribution in [2.75, 3.05) is 6.61 Å². The van der Waals surface area contributed by atoms with Gasteiger partial charge in [-0.3, -0.25) is 0 Å². The van der Waals surface area contributed by atoms with Crippen LogP contribution in [0.4, 0.5) is 4.39 Å². The van der Waals surface area contributed by atoms with Gasteiger partial charge in [0.25, 0.3) is 0 Å². The van der Waals surface area contributed by atoms with E-state index < -0.39 is 6.17 Å². The Morgan fingerprint density at radius 2 is 2.30 bits per heavy atom. The fourth-order valence-corrected chi connectivity index (χ4v) is 0.684. The van der Waals surface area contributed by atoms with Crippen LogP contribution in [0.3, 0.4) is 0 Å². The van der Waals surface area contributed by atoms with Crippen molar-refractivity contribution >= 4 is 0 Å². The zero-order valence-electron chi connectivity index (χ0n) is 6.60. The van der Waals surface area contributed by atoms with Crippen molar-refractivity contribution in [2.45, 2.75) is 32.9 Å². The summed E-state index contributed by atoms with van der Waals surface area (Å²) in [5.41, 5.74) is 1.06. The van der Waals surface area contributed by atoms with Crippen LogP contribution in [0.15, 0.2) is 11.6 Å². The Kier molecular flexibility index (Phi) is 5.22. The molecule has 0 heterocycles. The van der Waals surface area contributed by atoms with Gasteiger partial charge in [-0.25, -0.2) is 4.39 Å². The first-order chi connectivity index (χ1) is 4.66. The number of allylic oxidation sites excluding steroid dienone is 1. The molecule has 0 saturated carbocycles. The van der Waals surface area contributed by atoms with Gasteiger partial charge in [0.15, 0.2) is 0 Å². The molecule has 0 aliphatic carbocycles. The van der Waals surface area contributed by atoms with E-state index in [1.54, 1.807) is 13.0 Å². The maximum atomic E-state index is 12.2. The lowest BCUT2D eigenvalue weighted by Gasteiger charge is -2.00. The van der Waals surface area contributed by atoms with E-state index >= 15 is 0 Å². The molecule has 0 fully saturated rings. The van der Waals surface area contributed by atoms with Gasteiger partial charge in [0.2, 0.25) is 0 Å². The molecule has 0 aromatic heterocycles. The smallest absolute Gasteiger partial charge is 0.0976 e. The number of hydrogen-bond donors (Lipinski definition) is 1. The van der Waals surface area contributed by atoms with Crippen LogP contribution in [-0.4, -0.2) is 17.9 Å². The van der Waals surface area contributed by atoms with Crippen LogP contribution in [0.2, 0.25) is 0 Å². The highest BCUT2D eigenvalue weighted by Gasteiger charge is 1.97. The van der Waals surface area contributed by atoms with Gasteiger partial charge >= 0.3 is 0 Å². The molecule has 2 heteroatoms. The minimum atomic E-state index is -0.734. The maximum Gasteiger partial charge on any atom is 0.0976 e. The lowest BCUT2D eigenvalue weighted by molar-refractivity contribution is 0.334. The van der Waals surface area contributed by atoms with Crippen LogP contribution in [0.5, 0.6) is 0 Å². The molecule has 0 amide bonds. The summed E-state index contributed by atoms with van der Waals surface area (Å²) in [4.78, 5) is 0. The van der Waals surface area contributed by atoms with Gasteiger partial charge in [-0.05, 0) is 26.7 Å². The molecule has 0 aliphatic heterocycles. The molecule has 10 heavy (non-hydrogen) atoms. The predicted octanol–water partition coefficient (Wildman–Crippen LogP) is 2.06. The van der Waals surface area contributed by atoms with Gasteiger partial charge in [-0.15, -0.1) is 0 Å². The zero-order chi connectivity index (χ0) is 7.98. The minimum Gasteiger partial charge on any atom is -0.392 e. The Bertz CT molecular complexity index is 108. The molecule has 1 atom stereocenters. The van der Waals surface area contributed by atoms with Crippen LogP contribution in [0, 0.1) is 0 Å². The average Bonchev–Trinajstić information content (AvgIpc) is 1.85. The van der Waals surface area contributed by atoms with Crippen molar-refractivity contribution in [1.82, 2.24) is 0 Å². The Hall–Kier alpha value is -0.370. The minimum absolute atomic E-state index is 0.0620. The van der Waals surface area contributed by atoms with Crippen LogP contribution >= 0.6 is 0 Å². The number of rotatable bonds is 4. The number of hydrogen-bond acceptors (Lipinski definition) is 1. The fraction of sp³-hybridized carbons (Fsp3) is 0.750. The van der Waals surface area contributed by atoms with Crippen molar-refractivity contribution in [3.05, 3.63) is 11.6 Å².